The van der Waals surface area contributed by atoms with Crippen LogP contribution < -0.4 is 0 Å². The third-order valence-electron chi connectivity index (χ3n) is 4.48. The van der Waals surface area contributed by atoms with Crippen molar-refractivity contribution >= 4 is 40.6 Å². The van der Waals surface area contributed by atoms with E-state index in [0.717, 1.165) is 13.1 Å². The molecule has 2 aliphatic rings. The van der Waals surface area contributed by atoms with Gasteiger partial charge in [-0.15, -0.1) is 0 Å². The molecule has 1 saturated heterocycles. The molecule has 24 heavy (non-hydrogen) atoms. The Morgan fingerprint density at radius 1 is 1.04 bits per heavy atom. The Balaban J connectivity index is 2.11. The molecule has 0 bridgehead atoms. The molecule has 0 aliphatic carbocycles. The fourth-order valence-corrected chi connectivity index (χ4v) is 3.61. The van der Waals surface area contributed by atoms with Gasteiger partial charge in [0.2, 0.25) is 0 Å². The molecule has 0 spiro atoms. The van der Waals surface area contributed by atoms with Crippen molar-refractivity contribution in [2.75, 3.05) is 39.8 Å². The van der Waals surface area contributed by atoms with E-state index >= 15 is 0 Å². The van der Waals surface area contributed by atoms with Crippen molar-refractivity contribution in [1.29, 1.82) is 0 Å². The van der Waals surface area contributed by atoms with Crippen LogP contribution in [-0.2, 0) is 9.59 Å². The zero-order valence-corrected chi connectivity index (χ0v) is 15.2. The molecule has 1 aromatic carbocycles. The van der Waals surface area contributed by atoms with Gasteiger partial charge in [0.15, 0.2) is 0 Å². The zero-order valence-electron chi connectivity index (χ0n) is 13.7. The van der Waals surface area contributed by atoms with E-state index in [1.165, 1.54) is 4.90 Å². The van der Waals surface area contributed by atoms with Crippen LogP contribution in [0.25, 0.3) is 5.57 Å². The number of carbonyl (C=O) groups excluding carboxylic acids is 2. The minimum absolute atomic E-state index is 0.243. The van der Waals surface area contributed by atoms with Gasteiger partial charge in [-0.2, -0.15) is 0 Å². The van der Waals surface area contributed by atoms with Gasteiger partial charge in [0, 0.05) is 43.3 Å². The summed E-state index contributed by atoms with van der Waals surface area (Å²) in [5.74, 6) is -0.534. The van der Waals surface area contributed by atoms with Gasteiger partial charge in [-0.25, -0.2) is 0 Å². The molecule has 0 atom stereocenters. The van der Waals surface area contributed by atoms with E-state index < -0.39 is 0 Å². The smallest absolute Gasteiger partial charge is 0.277 e. The molecule has 1 fully saturated rings. The van der Waals surface area contributed by atoms with Crippen LogP contribution in [0.1, 0.15) is 12.5 Å². The average molecular weight is 368 g/mol. The number of hydrogen-bond acceptors (Lipinski definition) is 4. The Labute approximate surface area is 151 Å². The highest BCUT2D eigenvalue weighted by molar-refractivity contribution is 6.41. The number of hydrogen-bond donors (Lipinski definition) is 0. The number of benzene rings is 1. The molecule has 7 heteroatoms. The lowest BCUT2D eigenvalue weighted by Crippen LogP contribution is -2.46. The second-order valence-corrected chi connectivity index (χ2v) is 6.84. The first kappa shape index (κ1) is 17.3. The first-order valence-electron chi connectivity index (χ1n) is 7.93. The number of imide groups is 1. The number of rotatable bonds is 3. The standard InChI is InChI=1S/C17H19Cl2N3O2/c1-3-22-16(23)14(12-5-4-11(18)10-13(12)19)15(17(22)24)21-8-6-20(2)7-9-21/h4-5,10H,3,6-9H2,1-2H3. The minimum Gasteiger partial charge on any atom is -0.364 e. The maximum absolute atomic E-state index is 12.8. The van der Waals surface area contributed by atoms with Crippen molar-refractivity contribution < 1.29 is 9.59 Å². The first-order valence-corrected chi connectivity index (χ1v) is 8.69. The summed E-state index contributed by atoms with van der Waals surface area (Å²) in [5.41, 5.74) is 1.40. The van der Waals surface area contributed by atoms with Gasteiger partial charge in [0.1, 0.15) is 5.70 Å². The molecule has 2 amide bonds. The van der Waals surface area contributed by atoms with E-state index in [0.29, 0.717) is 46.5 Å². The van der Waals surface area contributed by atoms with Gasteiger partial charge in [0.25, 0.3) is 11.8 Å². The second kappa shape index (κ2) is 6.75. The van der Waals surface area contributed by atoms with Gasteiger partial charge in [0.05, 0.1) is 10.6 Å². The van der Waals surface area contributed by atoms with Crippen molar-refractivity contribution in [2.24, 2.45) is 0 Å². The predicted octanol–water partition coefficient (Wildman–Crippen LogP) is 2.34. The van der Waals surface area contributed by atoms with E-state index in [2.05, 4.69) is 4.90 Å². The van der Waals surface area contributed by atoms with Crippen molar-refractivity contribution in [3.05, 3.63) is 39.5 Å². The van der Waals surface area contributed by atoms with E-state index in [1.54, 1.807) is 25.1 Å². The summed E-state index contributed by atoms with van der Waals surface area (Å²) in [6.45, 7) is 5.24. The third-order valence-corrected chi connectivity index (χ3v) is 5.03. The molecular formula is C17H19Cl2N3O2. The number of nitrogens with zero attached hydrogens (tertiary/aromatic N) is 3. The van der Waals surface area contributed by atoms with Crippen LogP contribution in [-0.4, -0.2) is 66.3 Å². The van der Waals surface area contributed by atoms with Crippen LogP contribution in [0.4, 0.5) is 0 Å². The number of piperazine rings is 1. The minimum atomic E-state index is -0.291. The highest BCUT2D eigenvalue weighted by Gasteiger charge is 2.41. The van der Waals surface area contributed by atoms with Crippen molar-refractivity contribution in [1.82, 2.24) is 14.7 Å². The van der Waals surface area contributed by atoms with Gasteiger partial charge in [-0.3, -0.25) is 14.5 Å². The third kappa shape index (κ3) is 2.92. The van der Waals surface area contributed by atoms with E-state index in [9.17, 15) is 9.59 Å². The van der Waals surface area contributed by atoms with Crippen LogP contribution in [0.15, 0.2) is 23.9 Å². The molecule has 3 rings (SSSR count). The van der Waals surface area contributed by atoms with Gasteiger partial charge < -0.3 is 9.80 Å². The lowest BCUT2D eigenvalue weighted by Gasteiger charge is -2.34. The van der Waals surface area contributed by atoms with Crippen LogP contribution in [0.2, 0.25) is 10.0 Å². The summed E-state index contributed by atoms with van der Waals surface area (Å²) in [4.78, 5) is 31.1. The monoisotopic (exact) mass is 367 g/mol. The summed E-state index contributed by atoms with van der Waals surface area (Å²) in [6.07, 6.45) is 0. The van der Waals surface area contributed by atoms with Crippen LogP contribution in [0.3, 0.4) is 0 Å². The molecule has 1 aromatic rings. The van der Waals surface area contributed by atoms with Crippen LogP contribution >= 0.6 is 23.2 Å². The first-order chi connectivity index (χ1) is 11.4. The maximum Gasteiger partial charge on any atom is 0.277 e. The zero-order chi connectivity index (χ0) is 17.4. The largest absolute Gasteiger partial charge is 0.364 e. The number of carbonyl (C=O) groups is 2. The Hall–Kier alpha value is -1.56. The molecule has 0 saturated carbocycles. The van der Waals surface area contributed by atoms with Crippen molar-refractivity contribution in [2.45, 2.75) is 6.92 Å². The Morgan fingerprint density at radius 3 is 2.29 bits per heavy atom. The highest BCUT2D eigenvalue weighted by Crippen LogP contribution is 2.36. The van der Waals surface area contributed by atoms with Crippen molar-refractivity contribution in [3.63, 3.8) is 0 Å². The normalized spacial score (nSPS) is 19.7. The summed E-state index contributed by atoms with van der Waals surface area (Å²) >= 11 is 12.3. The summed E-state index contributed by atoms with van der Waals surface area (Å²) in [7, 11) is 2.04. The average Bonchev–Trinajstić information content (AvgIpc) is 2.79. The quantitative estimate of drug-likeness (QED) is 0.769. The SMILES string of the molecule is CCN1C(=O)C(c2ccc(Cl)cc2Cl)=C(N2CCN(C)CC2)C1=O. The van der Waals surface area contributed by atoms with Gasteiger partial charge >= 0.3 is 0 Å². The van der Waals surface area contributed by atoms with Crippen LogP contribution in [0.5, 0.6) is 0 Å². The predicted molar refractivity (Wildman–Crippen MR) is 94.8 cm³/mol. The fraction of sp³-hybridized carbons (Fsp3) is 0.412. The molecule has 128 valence electrons. The fourth-order valence-electron chi connectivity index (χ4n) is 3.11. The van der Waals surface area contributed by atoms with Crippen molar-refractivity contribution in [3.8, 4) is 0 Å². The molecule has 2 aliphatic heterocycles. The van der Waals surface area contributed by atoms with Gasteiger partial charge in [-0.1, -0.05) is 29.3 Å². The molecule has 0 aromatic heterocycles. The summed E-state index contributed by atoms with van der Waals surface area (Å²) in [6, 6.07) is 4.99. The summed E-state index contributed by atoms with van der Waals surface area (Å²) in [5, 5.41) is 0.873. The number of amides is 2. The number of likely N-dealkylation sites (N-methyl/N-ethyl adjacent to an activating group) is 2. The van der Waals surface area contributed by atoms with Crippen LogP contribution in [0, 0.1) is 0 Å². The molecule has 0 unspecified atom stereocenters. The number of halogens is 2. The maximum atomic E-state index is 12.8. The molecule has 5 nitrogen and oxygen atoms in total. The van der Waals surface area contributed by atoms with E-state index in [4.69, 9.17) is 23.2 Å². The van der Waals surface area contributed by atoms with E-state index in [-0.39, 0.29) is 11.8 Å². The molecule has 0 N–H and O–H groups in total. The Kier molecular flexibility index (Phi) is 4.85. The highest BCUT2D eigenvalue weighted by atomic mass is 35.5. The van der Waals surface area contributed by atoms with Gasteiger partial charge in [-0.05, 0) is 26.1 Å². The molecular weight excluding hydrogens is 349 g/mol. The molecule has 0 radical (unpaired) electrons. The molecule has 2 heterocycles. The second-order valence-electron chi connectivity index (χ2n) is 5.99. The Bertz CT molecular complexity index is 725. The lowest BCUT2D eigenvalue weighted by molar-refractivity contribution is -0.137. The summed E-state index contributed by atoms with van der Waals surface area (Å²) < 4.78 is 0. The lowest BCUT2D eigenvalue weighted by atomic mass is 10.0. The Morgan fingerprint density at radius 2 is 1.71 bits per heavy atom. The topological polar surface area (TPSA) is 43.9 Å². The van der Waals surface area contributed by atoms with E-state index in [1.807, 2.05) is 11.9 Å².